The molecule has 4 heteroatoms. The molecule has 2 N–H and O–H groups in total. The molecule has 0 aromatic rings. The molecule has 0 aliphatic heterocycles. The first-order chi connectivity index (χ1) is 11.1. The quantitative estimate of drug-likeness (QED) is 0.389. The van der Waals surface area contributed by atoms with Crippen LogP contribution in [0.3, 0.4) is 0 Å². The Morgan fingerprint density at radius 2 is 1.17 bits per heavy atom. The van der Waals surface area contributed by atoms with Crippen LogP contribution in [-0.4, -0.2) is 23.0 Å². The highest BCUT2D eigenvalue weighted by Gasteiger charge is 2.12. The van der Waals surface area contributed by atoms with Gasteiger partial charge in [0.1, 0.15) is 6.04 Å². The predicted molar refractivity (Wildman–Crippen MR) is 95.6 cm³/mol. The molecule has 0 aromatic carbocycles. The van der Waals surface area contributed by atoms with Crippen molar-refractivity contribution < 1.29 is 14.7 Å². The maximum absolute atomic E-state index is 11.5. The summed E-state index contributed by atoms with van der Waals surface area (Å²) in [4.78, 5) is 22.1. The number of hydrogen-bond donors (Lipinski definition) is 2. The molecule has 0 saturated heterocycles. The zero-order valence-electron chi connectivity index (χ0n) is 15.2. The molecule has 4 nitrogen and oxygen atoms in total. The summed E-state index contributed by atoms with van der Waals surface area (Å²) in [6.07, 6.45) is 17.1. The number of rotatable bonds is 16. The Bertz CT molecular complexity index is 305. The molecule has 23 heavy (non-hydrogen) atoms. The molecule has 0 bridgehead atoms. The fourth-order valence-corrected chi connectivity index (χ4v) is 2.68. The molecule has 1 amide bonds. The minimum atomic E-state index is -0.983. The van der Waals surface area contributed by atoms with Gasteiger partial charge in [-0.2, -0.15) is 0 Å². The van der Waals surface area contributed by atoms with Crippen molar-refractivity contribution >= 4 is 11.9 Å². The number of nitrogens with one attached hydrogen (secondary N) is 1. The Morgan fingerprint density at radius 3 is 1.57 bits per heavy atom. The van der Waals surface area contributed by atoms with E-state index in [9.17, 15) is 9.59 Å². The molecule has 1 atom stereocenters. The second-order valence-electron chi connectivity index (χ2n) is 6.62. The van der Waals surface area contributed by atoms with Crippen LogP contribution in [0, 0.1) is 0 Å². The van der Waals surface area contributed by atoms with Gasteiger partial charge in [0.25, 0.3) is 0 Å². The Hall–Kier alpha value is -1.06. The van der Waals surface area contributed by atoms with Gasteiger partial charge in [0.15, 0.2) is 0 Å². The predicted octanol–water partition coefficient (Wildman–Crippen LogP) is 5.06. The van der Waals surface area contributed by atoms with Crippen molar-refractivity contribution in [1.82, 2.24) is 5.32 Å². The number of aliphatic carboxylic acids is 1. The first-order valence-electron chi connectivity index (χ1n) is 9.60. The summed E-state index contributed by atoms with van der Waals surface area (Å²) >= 11 is 0. The second-order valence-corrected chi connectivity index (χ2v) is 6.62. The van der Waals surface area contributed by atoms with Gasteiger partial charge in [-0.3, -0.25) is 9.59 Å². The summed E-state index contributed by atoms with van der Waals surface area (Å²) in [6.45, 7) is 3.74. The standard InChI is InChI=1S/C19H37NO3/c1-3-4-5-6-7-8-9-10-11-12-13-14-15-16-18(21)20-17(2)19(22)23/h17H,3-16H2,1-2H3,(H,20,21)(H,22,23)/t17-/m0/s1. The number of carbonyl (C=O) groups excluding carboxylic acids is 1. The first kappa shape index (κ1) is 21.9. The molecule has 0 spiro atoms. The summed E-state index contributed by atoms with van der Waals surface area (Å²) in [5.41, 5.74) is 0. The van der Waals surface area contributed by atoms with Crippen LogP contribution in [0.15, 0.2) is 0 Å². The molecule has 0 heterocycles. The third kappa shape index (κ3) is 15.6. The lowest BCUT2D eigenvalue weighted by Gasteiger charge is -2.08. The summed E-state index contributed by atoms with van der Waals surface area (Å²) in [6, 6.07) is -0.788. The van der Waals surface area contributed by atoms with Crippen molar-refractivity contribution in [2.75, 3.05) is 0 Å². The summed E-state index contributed by atoms with van der Waals surface area (Å²) in [5, 5.41) is 11.2. The van der Waals surface area contributed by atoms with Gasteiger partial charge in [-0.15, -0.1) is 0 Å². The number of unbranched alkanes of at least 4 members (excludes halogenated alkanes) is 12. The Labute approximate surface area is 142 Å². The van der Waals surface area contributed by atoms with Crippen LogP contribution < -0.4 is 5.32 Å². The van der Waals surface area contributed by atoms with Crippen LogP contribution >= 0.6 is 0 Å². The number of hydrogen-bond acceptors (Lipinski definition) is 2. The average molecular weight is 328 g/mol. The number of carboxylic acids is 1. The van der Waals surface area contributed by atoms with E-state index in [1.54, 1.807) is 0 Å². The van der Waals surface area contributed by atoms with Crippen LogP contribution in [0.25, 0.3) is 0 Å². The Kier molecular flexibility index (Phi) is 15.1. The monoisotopic (exact) mass is 327 g/mol. The first-order valence-corrected chi connectivity index (χ1v) is 9.60. The van der Waals surface area contributed by atoms with Crippen LogP contribution in [-0.2, 0) is 9.59 Å². The third-order valence-corrected chi connectivity index (χ3v) is 4.26. The Morgan fingerprint density at radius 1 is 0.783 bits per heavy atom. The van der Waals surface area contributed by atoms with Gasteiger partial charge in [-0.1, -0.05) is 84.0 Å². The highest BCUT2D eigenvalue weighted by atomic mass is 16.4. The summed E-state index contributed by atoms with van der Waals surface area (Å²) in [5.74, 6) is -1.13. The molecule has 0 aliphatic carbocycles. The van der Waals surface area contributed by atoms with Crippen molar-refractivity contribution in [3.63, 3.8) is 0 Å². The maximum atomic E-state index is 11.5. The molecule has 136 valence electrons. The van der Waals surface area contributed by atoms with E-state index in [0.717, 1.165) is 12.8 Å². The maximum Gasteiger partial charge on any atom is 0.325 e. The summed E-state index contributed by atoms with van der Waals surface area (Å²) < 4.78 is 0. The van der Waals surface area contributed by atoms with E-state index in [2.05, 4.69) is 12.2 Å². The topological polar surface area (TPSA) is 66.4 Å². The molecule has 0 aliphatic rings. The number of carboxylic acid groups (broad SMARTS) is 1. The molecule has 0 unspecified atom stereocenters. The van der Waals surface area contributed by atoms with Gasteiger partial charge >= 0.3 is 5.97 Å². The van der Waals surface area contributed by atoms with Gasteiger partial charge in [-0.25, -0.2) is 0 Å². The lowest BCUT2D eigenvalue weighted by Crippen LogP contribution is -2.38. The van der Waals surface area contributed by atoms with E-state index in [-0.39, 0.29) is 5.91 Å². The number of carbonyl (C=O) groups is 2. The summed E-state index contributed by atoms with van der Waals surface area (Å²) in [7, 11) is 0. The van der Waals surface area contributed by atoms with Crippen molar-refractivity contribution in [1.29, 1.82) is 0 Å². The molecule has 0 aromatic heterocycles. The molecule has 0 radical (unpaired) electrons. The Balaban J connectivity index is 3.21. The average Bonchev–Trinajstić information content (AvgIpc) is 2.51. The van der Waals surface area contributed by atoms with Gasteiger partial charge in [0, 0.05) is 6.42 Å². The second kappa shape index (κ2) is 15.8. The minimum Gasteiger partial charge on any atom is -0.480 e. The van der Waals surface area contributed by atoms with Gasteiger partial charge < -0.3 is 10.4 Å². The smallest absolute Gasteiger partial charge is 0.325 e. The fraction of sp³-hybridized carbons (Fsp3) is 0.895. The largest absolute Gasteiger partial charge is 0.480 e. The lowest BCUT2D eigenvalue weighted by atomic mass is 10.0. The zero-order valence-corrected chi connectivity index (χ0v) is 15.2. The van der Waals surface area contributed by atoms with Crippen LogP contribution in [0.4, 0.5) is 0 Å². The lowest BCUT2D eigenvalue weighted by molar-refractivity contribution is -0.141. The van der Waals surface area contributed by atoms with Crippen molar-refractivity contribution in [3.05, 3.63) is 0 Å². The van der Waals surface area contributed by atoms with E-state index < -0.39 is 12.0 Å². The minimum absolute atomic E-state index is 0.150. The third-order valence-electron chi connectivity index (χ3n) is 4.26. The molecule has 0 rings (SSSR count). The van der Waals surface area contributed by atoms with Crippen LogP contribution in [0.1, 0.15) is 104 Å². The van der Waals surface area contributed by atoms with E-state index in [1.807, 2.05) is 0 Å². The van der Waals surface area contributed by atoms with E-state index in [0.29, 0.717) is 6.42 Å². The normalized spacial score (nSPS) is 12.1. The van der Waals surface area contributed by atoms with Gasteiger partial charge in [-0.05, 0) is 13.3 Å². The van der Waals surface area contributed by atoms with E-state index >= 15 is 0 Å². The number of amides is 1. The molecule has 0 fully saturated rings. The fourth-order valence-electron chi connectivity index (χ4n) is 2.68. The van der Waals surface area contributed by atoms with Crippen molar-refractivity contribution in [3.8, 4) is 0 Å². The van der Waals surface area contributed by atoms with Gasteiger partial charge in [0.2, 0.25) is 5.91 Å². The highest BCUT2D eigenvalue weighted by molar-refractivity contribution is 5.83. The zero-order chi connectivity index (χ0) is 17.3. The van der Waals surface area contributed by atoms with Crippen molar-refractivity contribution in [2.45, 2.75) is 110 Å². The van der Waals surface area contributed by atoms with Gasteiger partial charge in [0.05, 0.1) is 0 Å². The van der Waals surface area contributed by atoms with Crippen LogP contribution in [0.2, 0.25) is 0 Å². The molecule has 0 saturated carbocycles. The molecular formula is C19H37NO3. The van der Waals surface area contributed by atoms with E-state index in [4.69, 9.17) is 5.11 Å². The van der Waals surface area contributed by atoms with E-state index in [1.165, 1.54) is 77.6 Å². The SMILES string of the molecule is CCCCCCCCCCCCCCCC(=O)N[C@@H](C)C(=O)O. The van der Waals surface area contributed by atoms with Crippen molar-refractivity contribution in [2.24, 2.45) is 0 Å². The molecular weight excluding hydrogens is 290 g/mol. The van der Waals surface area contributed by atoms with Crippen LogP contribution in [0.5, 0.6) is 0 Å². The highest BCUT2D eigenvalue weighted by Crippen LogP contribution is 2.12.